The van der Waals surface area contributed by atoms with Crippen LogP contribution in [0.2, 0.25) is 0 Å². The van der Waals surface area contributed by atoms with Gasteiger partial charge >= 0.3 is 0 Å². The maximum atomic E-state index is 12.2. The van der Waals surface area contributed by atoms with E-state index in [0.29, 0.717) is 17.8 Å². The minimum absolute atomic E-state index is 0.0616. The van der Waals surface area contributed by atoms with Crippen LogP contribution in [0, 0.1) is 0 Å². The first kappa shape index (κ1) is 13.9. The highest BCUT2D eigenvalue weighted by molar-refractivity contribution is 9.10. The van der Waals surface area contributed by atoms with Crippen LogP contribution in [-0.4, -0.2) is 36.3 Å². The van der Waals surface area contributed by atoms with Gasteiger partial charge in [-0.2, -0.15) is 0 Å². The lowest BCUT2D eigenvalue weighted by molar-refractivity contribution is -0.120. The zero-order valence-electron chi connectivity index (χ0n) is 11.2. The largest absolute Gasteiger partial charge is 0.444 e. The molecule has 5 nitrogen and oxygen atoms in total. The normalized spacial score (nSPS) is 15.4. The van der Waals surface area contributed by atoms with Crippen molar-refractivity contribution in [3.63, 3.8) is 0 Å². The molecule has 0 bridgehead atoms. The summed E-state index contributed by atoms with van der Waals surface area (Å²) in [4.78, 5) is 27.7. The van der Waals surface area contributed by atoms with Crippen LogP contribution in [0.15, 0.2) is 51.6 Å². The standard InChI is InChI=1S/C15H13BrN2O3/c16-13-7-6-12(21-13)15(20)17-8-9-18(14(19)10-17)11-4-2-1-3-5-11/h1-7H,8-10H2. The van der Waals surface area contributed by atoms with Gasteiger partial charge in [-0.15, -0.1) is 0 Å². The number of carbonyl (C=O) groups excluding carboxylic acids is 2. The summed E-state index contributed by atoms with van der Waals surface area (Å²) in [7, 11) is 0. The van der Waals surface area contributed by atoms with Crippen molar-refractivity contribution in [3.8, 4) is 0 Å². The Bertz CT molecular complexity index is 669. The Kier molecular flexibility index (Phi) is 3.79. The number of rotatable bonds is 2. The molecule has 3 rings (SSSR count). The highest BCUT2D eigenvalue weighted by Crippen LogP contribution is 2.19. The topological polar surface area (TPSA) is 53.8 Å². The Labute approximate surface area is 130 Å². The number of hydrogen-bond acceptors (Lipinski definition) is 3. The van der Waals surface area contributed by atoms with E-state index in [1.54, 1.807) is 17.0 Å². The molecule has 6 heteroatoms. The van der Waals surface area contributed by atoms with Crippen LogP contribution in [0.1, 0.15) is 10.6 Å². The van der Waals surface area contributed by atoms with Crippen LogP contribution in [-0.2, 0) is 4.79 Å². The van der Waals surface area contributed by atoms with Gasteiger partial charge in [-0.3, -0.25) is 9.59 Å². The lowest BCUT2D eigenvalue weighted by Crippen LogP contribution is -2.52. The predicted octanol–water partition coefficient (Wildman–Crippen LogP) is 2.53. The number of amides is 2. The fourth-order valence-corrected chi connectivity index (χ4v) is 2.62. The van der Waals surface area contributed by atoms with E-state index in [4.69, 9.17) is 4.42 Å². The Morgan fingerprint density at radius 1 is 1.10 bits per heavy atom. The third kappa shape index (κ3) is 2.85. The van der Waals surface area contributed by atoms with Crippen LogP contribution < -0.4 is 4.90 Å². The highest BCUT2D eigenvalue weighted by atomic mass is 79.9. The molecule has 2 amide bonds. The molecule has 1 saturated heterocycles. The molecular weight excluding hydrogens is 336 g/mol. The lowest BCUT2D eigenvalue weighted by Gasteiger charge is -2.33. The fraction of sp³-hybridized carbons (Fsp3) is 0.200. The molecule has 0 radical (unpaired) electrons. The maximum absolute atomic E-state index is 12.2. The smallest absolute Gasteiger partial charge is 0.290 e. The molecule has 1 fully saturated rings. The van der Waals surface area contributed by atoms with E-state index in [1.165, 1.54) is 4.90 Å². The van der Waals surface area contributed by atoms with Gasteiger partial charge in [0.2, 0.25) is 5.91 Å². The SMILES string of the molecule is O=C(c1ccc(Br)o1)N1CCN(c2ccccc2)C(=O)C1. The quantitative estimate of drug-likeness (QED) is 0.837. The zero-order chi connectivity index (χ0) is 14.8. The van der Waals surface area contributed by atoms with Gasteiger partial charge in [0, 0.05) is 18.8 Å². The summed E-state index contributed by atoms with van der Waals surface area (Å²) in [6.07, 6.45) is 0. The van der Waals surface area contributed by atoms with Gasteiger partial charge in [-0.05, 0) is 40.2 Å². The Morgan fingerprint density at radius 3 is 2.48 bits per heavy atom. The average molecular weight is 349 g/mol. The van der Waals surface area contributed by atoms with Gasteiger partial charge in [0.15, 0.2) is 10.4 Å². The van der Waals surface area contributed by atoms with Crippen molar-refractivity contribution in [2.24, 2.45) is 0 Å². The number of hydrogen-bond donors (Lipinski definition) is 0. The number of nitrogens with zero attached hydrogens (tertiary/aromatic N) is 2. The molecule has 21 heavy (non-hydrogen) atoms. The molecule has 108 valence electrons. The van der Waals surface area contributed by atoms with Gasteiger partial charge < -0.3 is 14.2 Å². The van der Waals surface area contributed by atoms with Crippen LogP contribution in [0.4, 0.5) is 5.69 Å². The number of carbonyl (C=O) groups is 2. The summed E-state index contributed by atoms with van der Waals surface area (Å²) < 4.78 is 5.75. The lowest BCUT2D eigenvalue weighted by atomic mass is 10.2. The molecule has 1 aliphatic heterocycles. The summed E-state index contributed by atoms with van der Waals surface area (Å²) in [6.45, 7) is 1.03. The Balaban J connectivity index is 1.71. The molecule has 0 spiro atoms. The average Bonchev–Trinajstić information content (AvgIpc) is 2.94. The van der Waals surface area contributed by atoms with E-state index in [1.807, 2.05) is 30.3 Å². The second-order valence-electron chi connectivity index (χ2n) is 4.71. The number of halogens is 1. The maximum Gasteiger partial charge on any atom is 0.290 e. The second kappa shape index (κ2) is 5.73. The molecule has 0 unspecified atom stereocenters. The number of anilines is 1. The van der Waals surface area contributed by atoms with Crippen molar-refractivity contribution >= 4 is 33.4 Å². The molecule has 2 heterocycles. The van der Waals surface area contributed by atoms with E-state index in [2.05, 4.69) is 15.9 Å². The van der Waals surface area contributed by atoms with E-state index >= 15 is 0 Å². The number of benzene rings is 1. The molecule has 0 saturated carbocycles. The number of para-hydroxylation sites is 1. The minimum atomic E-state index is -0.262. The molecule has 0 aliphatic carbocycles. The van der Waals surface area contributed by atoms with Gasteiger partial charge in [0.1, 0.15) is 6.54 Å². The second-order valence-corrected chi connectivity index (χ2v) is 5.49. The number of piperazine rings is 1. The molecular formula is C15H13BrN2O3. The summed E-state index contributed by atoms with van der Waals surface area (Å²) in [5.41, 5.74) is 0.857. The minimum Gasteiger partial charge on any atom is -0.444 e. The molecule has 1 aromatic carbocycles. The van der Waals surface area contributed by atoms with Crippen LogP contribution in [0.25, 0.3) is 0 Å². The van der Waals surface area contributed by atoms with Gasteiger partial charge in [0.25, 0.3) is 5.91 Å². The van der Waals surface area contributed by atoms with E-state index in [0.717, 1.165) is 5.69 Å². The van der Waals surface area contributed by atoms with E-state index in [-0.39, 0.29) is 24.1 Å². The zero-order valence-corrected chi connectivity index (χ0v) is 12.7. The van der Waals surface area contributed by atoms with E-state index < -0.39 is 0 Å². The first-order valence-corrected chi connectivity index (χ1v) is 7.34. The highest BCUT2D eigenvalue weighted by Gasteiger charge is 2.29. The first-order valence-electron chi connectivity index (χ1n) is 6.55. The third-order valence-electron chi connectivity index (χ3n) is 3.36. The summed E-state index contributed by atoms with van der Waals surface area (Å²) >= 11 is 3.16. The molecule has 0 atom stereocenters. The Morgan fingerprint density at radius 2 is 1.86 bits per heavy atom. The van der Waals surface area contributed by atoms with Gasteiger partial charge in [0.05, 0.1) is 0 Å². The van der Waals surface area contributed by atoms with Crippen molar-refractivity contribution < 1.29 is 14.0 Å². The Hall–Kier alpha value is -2.08. The molecule has 1 aliphatic rings. The van der Waals surface area contributed by atoms with Crippen molar-refractivity contribution in [2.45, 2.75) is 0 Å². The molecule has 0 N–H and O–H groups in total. The van der Waals surface area contributed by atoms with E-state index in [9.17, 15) is 9.59 Å². The predicted molar refractivity (Wildman–Crippen MR) is 81.1 cm³/mol. The van der Waals surface area contributed by atoms with Crippen LogP contribution in [0.3, 0.4) is 0 Å². The summed E-state index contributed by atoms with van der Waals surface area (Å²) in [5.74, 6) is -0.115. The summed E-state index contributed by atoms with van der Waals surface area (Å²) in [5, 5.41) is 0. The first-order chi connectivity index (χ1) is 10.1. The van der Waals surface area contributed by atoms with Crippen molar-refractivity contribution in [2.75, 3.05) is 24.5 Å². The fourth-order valence-electron chi connectivity index (χ4n) is 2.31. The van der Waals surface area contributed by atoms with Crippen LogP contribution in [0.5, 0.6) is 0 Å². The molecule has 1 aromatic heterocycles. The van der Waals surface area contributed by atoms with Crippen LogP contribution >= 0.6 is 15.9 Å². The summed E-state index contributed by atoms with van der Waals surface area (Å²) in [6, 6.07) is 12.7. The van der Waals surface area contributed by atoms with Gasteiger partial charge in [-0.1, -0.05) is 18.2 Å². The van der Waals surface area contributed by atoms with Crippen molar-refractivity contribution in [3.05, 3.63) is 52.9 Å². The number of furan rings is 1. The molecule has 2 aromatic rings. The van der Waals surface area contributed by atoms with Crippen molar-refractivity contribution in [1.82, 2.24) is 4.90 Å². The van der Waals surface area contributed by atoms with Crippen molar-refractivity contribution in [1.29, 1.82) is 0 Å². The monoisotopic (exact) mass is 348 g/mol. The van der Waals surface area contributed by atoms with Gasteiger partial charge in [-0.25, -0.2) is 0 Å². The third-order valence-corrected chi connectivity index (χ3v) is 3.79.